The van der Waals surface area contributed by atoms with E-state index in [1.165, 1.54) is 29.9 Å². The summed E-state index contributed by atoms with van der Waals surface area (Å²) in [6.45, 7) is -0.816. The molecule has 0 radical (unpaired) electrons. The summed E-state index contributed by atoms with van der Waals surface area (Å²) in [6.07, 6.45) is 0.897. The van der Waals surface area contributed by atoms with Crippen LogP contribution >= 0.6 is 11.6 Å². The van der Waals surface area contributed by atoms with E-state index in [1.54, 1.807) is 12.1 Å². The predicted octanol–water partition coefficient (Wildman–Crippen LogP) is 2.42. The highest BCUT2D eigenvalue weighted by Gasteiger charge is 2.21. The number of carbonyl (C=O) groups excluding carboxylic acids is 1. The van der Waals surface area contributed by atoms with Gasteiger partial charge in [0.2, 0.25) is 11.8 Å². The van der Waals surface area contributed by atoms with Crippen molar-refractivity contribution < 1.29 is 23.4 Å². The molecule has 9 nitrogen and oxygen atoms in total. The van der Waals surface area contributed by atoms with Crippen LogP contribution in [0.2, 0.25) is 5.02 Å². The first-order valence-electron chi connectivity index (χ1n) is 9.93. The molecule has 0 saturated carbocycles. The van der Waals surface area contributed by atoms with Crippen LogP contribution in [0.4, 0.5) is 8.78 Å². The number of imidazole rings is 1. The van der Waals surface area contributed by atoms with Gasteiger partial charge in [0.15, 0.2) is 0 Å². The van der Waals surface area contributed by atoms with Gasteiger partial charge in [-0.05, 0) is 24.3 Å². The highest BCUT2D eigenvalue weighted by Crippen LogP contribution is 2.25. The second-order valence-electron chi connectivity index (χ2n) is 7.26. The molecule has 4 rings (SSSR count). The van der Waals surface area contributed by atoms with Gasteiger partial charge < -0.3 is 9.84 Å². The van der Waals surface area contributed by atoms with E-state index in [4.69, 9.17) is 21.4 Å². The summed E-state index contributed by atoms with van der Waals surface area (Å²) in [5, 5.41) is 9.04. The van der Waals surface area contributed by atoms with Gasteiger partial charge in [-0.15, -0.1) is 0 Å². The number of fused-ring (bicyclic) bond motifs is 1. The molecule has 12 heteroatoms. The Morgan fingerprint density at radius 2 is 1.97 bits per heavy atom. The van der Waals surface area contributed by atoms with Crippen molar-refractivity contribution in [2.45, 2.75) is 13.0 Å². The summed E-state index contributed by atoms with van der Waals surface area (Å²) in [7, 11) is 1.47. The third-order valence-corrected chi connectivity index (χ3v) is 5.38. The van der Waals surface area contributed by atoms with Gasteiger partial charge in [-0.1, -0.05) is 17.7 Å². The number of ether oxygens (including phenoxy) is 1. The maximum absolute atomic E-state index is 13.8. The largest absolute Gasteiger partial charge is 0.471 e. The smallest absolute Gasteiger partial charge is 0.355 e. The monoisotopic (exact) mass is 490 g/mol. The normalized spacial score (nSPS) is 11.2. The average Bonchev–Trinajstić information content (AvgIpc) is 3.05. The van der Waals surface area contributed by atoms with Gasteiger partial charge in [0.05, 0.1) is 24.2 Å². The zero-order valence-corrected chi connectivity index (χ0v) is 18.4. The van der Waals surface area contributed by atoms with Crippen LogP contribution in [0.1, 0.15) is 16.8 Å². The number of nitrogens with zero attached hydrogens (tertiary/aromatic N) is 4. The van der Waals surface area contributed by atoms with Crippen molar-refractivity contribution >= 4 is 28.5 Å². The van der Waals surface area contributed by atoms with Gasteiger partial charge in [-0.25, -0.2) is 22.9 Å². The molecule has 0 unspecified atom stereocenters. The lowest BCUT2D eigenvalue weighted by atomic mass is 10.2. The second kappa shape index (κ2) is 9.20. The van der Waals surface area contributed by atoms with E-state index >= 15 is 0 Å². The Labute approximate surface area is 195 Å². The van der Waals surface area contributed by atoms with Gasteiger partial charge >= 0.3 is 11.4 Å². The molecule has 0 atom stereocenters. The van der Waals surface area contributed by atoms with Crippen LogP contribution in [-0.4, -0.2) is 36.3 Å². The molecule has 2 heterocycles. The van der Waals surface area contributed by atoms with Gasteiger partial charge in [-0.3, -0.25) is 13.9 Å². The number of rotatable bonds is 6. The molecule has 2 aromatic carbocycles. The van der Waals surface area contributed by atoms with Crippen molar-refractivity contribution in [1.82, 2.24) is 18.7 Å². The Morgan fingerprint density at radius 1 is 1.21 bits per heavy atom. The number of aryl methyl sites for hydroxylation is 1. The molecule has 0 aliphatic heterocycles. The maximum atomic E-state index is 13.8. The van der Waals surface area contributed by atoms with Crippen molar-refractivity contribution in [1.29, 1.82) is 0 Å². The summed E-state index contributed by atoms with van der Waals surface area (Å²) in [4.78, 5) is 41.8. The van der Waals surface area contributed by atoms with Crippen LogP contribution in [0.15, 0.2) is 52.2 Å². The van der Waals surface area contributed by atoms with Crippen LogP contribution in [0.5, 0.6) is 5.88 Å². The minimum absolute atomic E-state index is 0.0314. The lowest BCUT2D eigenvalue weighted by Gasteiger charge is -2.12. The number of para-hydroxylation sites is 1. The fraction of sp³-hybridized carbons (Fsp3) is 0.182. The number of hydrogen-bond acceptors (Lipinski definition) is 6. The number of hydrogen-bond donors (Lipinski definition) is 1. The minimum Gasteiger partial charge on any atom is -0.471 e. The zero-order chi connectivity index (χ0) is 24.6. The average molecular weight is 491 g/mol. The van der Waals surface area contributed by atoms with Crippen molar-refractivity contribution in [2.75, 3.05) is 6.61 Å². The Balaban J connectivity index is 1.78. The van der Waals surface area contributed by atoms with Crippen molar-refractivity contribution in [3.8, 4) is 11.6 Å². The highest BCUT2D eigenvalue weighted by molar-refractivity contribution is 6.31. The first-order valence-corrected chi connectivity index (χ1v) is 10.3. The molecule has 0 aliphatic rings. The Kier molecular flexibility index (Phi) is 6.31. The van der Waals surface area contributed by atoms with Gasteiger partial charge in [0.1, 0.15) is 28.8 Å². The minimum atomic E-state index is -0.844. The lowest BCUT2D eigenvalue weighted by molar-refractivity contribution is 0.0875. The van der Waals surface area contributed by atoms with Gasteiger partial charge in [-0.2, -0.15) is 4.98 Å². The van der Waals surface area contributed by atoms with E-state index in [0.29, 0.717) is 11.6 Å². The number of halogens is 3. The van der Waals surface area contributed by atoms with Crippen LogP contribution in [0, 0.1) is 11.6 Å². The first kappa shape index (κ1) is 23.3. The number of benzene rings is 2. The Morgan fingerprint density at radius 3 is 2.68 bits per heavy atom. The predicted molar refractivity (Wildman–Crippen MR) is 119 cm³/mol. The Bertz CT molecular complexity index is 1540. The van der Waals surface area contributed by atoms with E-state index < -0.39 is 35.5 Å². The van der Waals surface area contributed by atoms with E-state index in [2.05, 4.69) is 4.98 Å². The standard InChI is InChI=1S/C22H17ClF2N4O5/c1-27-16-3-2-4-17(19(16)29(22(27)33)18(31)7-8-30)28-10-14(23)20(26-21(28)32)34-11-12-5-6-13(24)9-15(12)25/h2-6,9-10,30H,7-8,11H2,1H3. The summed E-state index contributed by atoms with van der Waals surface area (Å²) in [5.74, 6) is -2.50. The number of aliphatic hydroxyl groups is 1. The van der Waals surface area contributed by atoms with Crippen LogP contribution in [0.25, 0.3) is 16.7 Å². The molecule has 4 aromatic rings. The number of aromatic nitrogens is 4. The van der Waals surface area contributed by atoms with Crippen LogP contribution in [0.3, 0.4) is 0 Å². The first-order chi connectivity index (χ1) is 16.2. The lowest BCUT2D eigenvalue weighted by Crippen LogP contribution is -2.29. The van der Waals surface area contributed by atoms with Crippen LogP contribution in [-0.2, 0) is 13.7 Å². The molecule has 0 bridgehead atoms. The van der Waals surface area contributed by atoms with E-state index in [-0.39, 0.29) is 40.7 Å². The zero-order valence-electron chi connectivity index (χ0n) is 17.7. The molecule has 0 fully saturated rings. The van der Waals surface area contributed by atoms with Crippen molar-refractivity contribution in [2.24, 2.45) is 7.05 Å². The molecule has 2 aromatic heterocycles. The van der Waals surface area contributed by atoms with Gasteiger partial charge in [0, 0.05) is 24.9 Å². The third kappa shape index (κ3) is 4.11. The number of aliphatic hydroxyl groups excluding tert-OH is 1. The molecular formula is C22H17ClF2N4O5. The van der Waals surface area contributed by atoms with Crippen LogP contribution < -0.4 is 16.1 Å². The molecular weight excluding hydrogens is 474 g/mol. The molecule has 0 saturated heterocycles. The quantitative estimate of drug-likeness (QED) is 0.445. The molecule has 0 amide bonds. The fourth-order valence-corrected chi connectivity index (χ4v) is 3.67. The summed E-state index contributed by atoms with van der Waals surface area (Å²) >= 11 is 6.25. The molecule has 34 heavy (non-hydrogen) atoms. The summed E-state index contributed by atoms with van der Waals surface area (Å²) in [5.41, 5.74) is -0.807. The molecule has 1 N–H and O–H groups in total. The number of carbonyl (C=O) groups is 1. The molecule has 0 aliphatic carbocycles. The molecule has 0 spiro atoms. The van der Waals surface area contributed by atoms with E-state index in [1.807, 2.05) is 0 Å². The van der Waals surface area contributed by atoms with E-state index in [9.17, 15) is 23.2 Å². The maximum Gasteiger partial charge on any atom is 0.355 e. The third-order valence-electron chi connectivity index (χ3n) is 5.12. The Hall–Kier alpha value is -3.83. The van der Waals surface area contributed by atoms with Crippen molar-refractivity contribution in [3.05, 3.63) is 85.8 Å². The van der Waals surface area contributed by atoms with Gasteiger partial charge in [0.25, 0.3) is 0 Å². The van der Waals surface area contributed by atoms with E-state index in [0.717, 1.165) is 15.2 Å². The molecule has 176 valence electrons. The summed E-state index contributed by atoms with van der Waals surface area (Å²) < 4.78 is 35.4. The SMILES string of the molecule is Cn1c(=O)n(C(=O)CCO)c2c(-n3cc(Cl)c(OCc4ccc(F)cc4F)nc3=O)cccc21. The summed E-state index contributed by atoms with van der Waals surface area (Å²) in [6, 6.07) is 7.63. The highest BCUT2D eigenvalue weighted by atomic mass is 35.5. The second-order valence-corrected chi connectivity index (χ2v) is 7.67. The topological polar surface area (TPSA) is 108 Å². The van der Waals surface area contributed by atoms with Crippen molar-refractivity contribution in [3.63, 3.8) is 0 Å². The fourth-order valence-electron chi connectivity index (χ4n) is 3.48.